The molecule has 1 aliphatic carbocycles. The van der Waals surface area contributed by atoms with Gasteiger partial charge in [-0.1, -0.05) is 32.3 Å². The molecule has 94 valence electrons. The van der Waals surface area contributed by atoms with Crippen LogP contribution < -0.4 is 5.32 Å². The lowest BCUT2D eigenvalue weighted by atomic mass is 9.80. The van der Waals surface area contributed by atoms with Gasteiger partial charge in [-0.25, -0.2) is 4.98 Å². The van der Waals surface area contributed by atoms with Crippen molar-refractivity contribution < 1.29 is 0 Å². The molecule has 1 aromatic heterocycles. The third-order valence-electron chi connectivity index (χ3n) is 3.85. The van der Waals surface area contributed by atoms with E-state index < -0.39 is 0 Å². The zero-order valence-electron chi connectivity index (χ0n) is 10.7. The molecule has 0 spiro atoms. The summed E-state index contributed by atoms with van der Waals surface area (Å²) in [5.74, 6) is 2.62. The zero-order chi connectivity index (χ0) is 12.1. The number of allylic oxidation sites excluding steroid dienone is 1. The fraction of sp³-hybridized carbons (Fsp3) is 0.643. The van der Waals surface area contributed by atoms with E-state index in [1.54, 1.807) is 0 Å². The molecule has 0 aliphatic heterocycles. The van der Waals surface area contributed by atoms with Gasteiger partial charge < -0.3 is 9.88 Å². The van der Waals surface area contributed by atoms with Gasteiger partial charge >= 0.3 is 0 Å². The minimum Gasteiger partial charge on any atom is -0.355 e. The molecule has 1 aliphatic rings. The number of nitrogens with zero attached hydrogens (tertiary/aromatic N) is 2. The highest BCUT2D eigenvalue weighted by Crippen LogP contribution is 2.29. The summed E-state index contributed by atoms with van der Waals surface area (Å²) in [6.45, 7) is 8.01. The second kappa shape index (κ2) is 5.89. The standard InChI is InChI=1S/C14H23N3/c1-3-9-17-10-8-15-14(17)16-11-13-7-5-4-6-12(13)2/h3,8,10,12-13H,1,4-7,9,11H2,2H3,(H,15,16). The van der Waals surface area contributed by atoms with Gasteiger partial charge in [0.2, 0.25) is 5.95 Å². The highest BCUT2D eigenvalue weighted by molar-refractivity contribution is 5.26. The quantitative estimate of drug-likeness (QED) is 0.791. The van der Waals surface area contributed by atoms with Crippen LogP contribution in [0.5, 0.6) is 0 Å². The van der Waals surface area contributed by atoms with Crippen molar-refractivity contribution in [1.29, 1.82) is 0 Å². The van der Waals surface area contributed by atoms with Gasteiger partial charge in [0.25, 0.3) is 0 Å². The number of nitrogens with one attached hydrogen (secondary N) is 1. The summed E-state index contributed by atoms with van der Waals surface area (Å²) in [6, 6.07) is 0. The molecule has 0 bridgehead atoms. The average Bonchev–Trinajstić information content (AvgIpc) is 2.76. The van der Waals surface area contributed by atoms with E-state index in [9.17, 15) is 0 Å². The zero-order valence-corrected chi connectivity index (χ0v) is 10.7. The molecule has 0 saturated heterocycles. The SMILES string of the molecule is C=CCn1ccnc1NCC1CCCCC1C. The Morgan fingerprint density at radius 3 is 3.12 bits per heavy atom. The second-order valence-electron chi connectivity index (χ2n) is 5.09. The van der Waals surface area contributed by atoms with Crippen LogP contribution in [0.15, 0.2) is 25.0 Å². The first-order valence-electron chi connectivity index (χ1n) is 6.67. The molecule has 0 radical (unpaired) electrons. The highest BCUT2D eigenvalue weighted by Gasteiger charge is 2.21. The molecule has 1 N–H and O–H groups in total. The molecule has 1 fully saturated rings. The van der Waals surface area contributed by atoms with Crippen molar-refractivity contribution in [2.75, 3.05) is 11.9 Å². The van der Waals surface area contributed by atoms with E-state index in [1.807, 2.05) is 18.5 Å². The van der Waals surface area contributed by atoms with Crippen LogP contribution in [0, 0.1) is 11.8 Å². The van der Waals surface area contributed by atoms with Gasteiger partial charge in [-0.3, -0.25) is 0 Å². The number of imidazole rings is 1. The molecular formula is C14H23N3. The Bertz CT molecular complexity index is 356. The minimum atomic E-state index is 0.803. The van der Waals surface area contributed by atoms with Crippen molar-refractivity contribution in [3.05, 3.63) is 25.0 Å². The summed E-state index contributed by atoms with van der Waals surface area (Å²) < 4.78 is 2.10. The Kier molecular flexibility index (Phi) is 4.24. The van der Waals surface area contributed by atoms with Crippen LogP contribution in [-0.4, -0.2) is 16.1 Å². The Morgan fingerprint density at radius 2 is 2.35 bits per heavy atom. The lowest BCUT2D eigenvalue weighted by Crippen LogP contribution is -2.25. The van der Waals surface area contributed by atoms with Gasteiger partial charge in [0.05, 0.1) is 0 Å². The first kappa shape index (κ1) is 12.2. The van der Waals surface area contributed by atoms with E-state index in [2.05, 4.69) is 28.4 Å². The first-order valence-corrected chi connectivity index (χ1v) is 6.67. The van der Waals surface area contributed by atoms with Crippen molar-refractivity contribution in [3.8, 4) is 0 Å². The van der Waals surface area contributed by atoms with Crippen LogP contribution in [0.3, 0.4) is 0 Å². The first-order chi connectivity index (χ1) is 8.31. The normalized spacial score (nSPS) is 24.5. The van der Waals surface area contributed by atoms with Crippen molar-refractivity contribution >= 4 is 5.95 Å². The fourth-order valence-electron chi connectivity index (χ4n) is 2.68. The summed E-state index contributed by atoms with van der Waals surface area (Å²) in [5.41, 5.74) is 0. The Balaban J connectivity index is 1.88. The van der Waals surface area contributed by atoms with E-state index in [0.29, 0.717) is 0 Å². The monoisotopic (exact) mass is 233 g/mol. The summed E-state index contributed by atoms with van der Waals surface area (Å²) in [4.78, 5) is 4.35. The van der Waals surface area contributed by atoms with Crippen molar-refractivity contribution in [3.63, 3.8) is 0 Å². The predicted octanol–water partition coefficient (Wildman–Crippen LogP) is 3.31. The van der Waals surface area contributed by atoms with Crippen LogP contribution in [0.2, 0.25) is 0 Å². The third kappa shape index (κ3) is 3.11. The molecule has 2 rings (SSSR count). The van der Waals surface area contributed by atoms with Gasteiger partial charge in [0.1, 0.15) is 0 Å². The van der Waals surface area contributed by atoms with Gasteiger partial charge in [-0.05, 0) is 18.3 Å². The largest absolute Gasteiger partial charge is 0.355 e. The Morgan fingerprint density at radius 1 is 1.53 bits per heavy atom. The summed E-state index contributed by atoms with van der Waals surface area (Å²) in [5, 5.41) is 3.48. The van der Waals surface area contributed by atoms with Crippen LogP contribution in [0.25, 0.3) is 0 Å². The average molecular weight is 233 g/mol. The Labute approximate surface area is 104 Å². The number of anilines is 1. The molecule has 0 amide bonds. The highest BCUT2D eigenvalue weighted by atomic mass is 15.2. The van der Waals surface area contributed by atoms with Gasteiger partial charge in [-0.2, -0.15) is 0 Å². The van der Waals surface area contributed by atoms with E-state index in [4.69, 9.17) is 0 Å². The molecule has 17 heavy (non-hydrogen) atoms. The summed E-state index contributed by atoms with van der Waals surface area (Å²) >= 11 is 0. The van der Waals surface area contributed by atoms with Gasteiger partial charge in [0, 0.05) is 25.5 Å². The molecule has 0 aromatic carbocycles. The molecule has 1 saturated carbocycles. The fourth-order valence-corrected chi connectivity index (χ4v) is 2.68. The lowest BCUT2D eigenvalue weighted by molar-refractivity contribution is 0.268. The third-order valence-corrected chi connectivity index (χ3v) is 3.85. The number of hydrogen-bond acceptors (Lipinski definition) is 2. The smallest absolute Gasteiger partial charge is 0.203 e. The summed E-state index contributed by atoms with van der Waals surface area (Å²) in [7, 11) is 0. The Hall–Kier alpha value is -1.25. The topological polar surface area (TPSA) is 29.9 Å². The maximum absolute atomic E-state index is 4.35. The molecule has 3 nitrogen and oxygen atoms in total. The molecule has 3 heteroatoms. The van der Waals surface area contributed by atoms with Gasteiger partial charge in [-0.15, -0.1) is 6.58 Å². The van der Waals surface area contributed by atoms with Gasteiger partial charge in [0.15, 0.2) is 0 Å². The molecule has 2 unspecified atom stereocenters. The predicted molar refractivity (Wildman–Crippen MR) is 72.0 cm³/mol. The maximum Gasteiger partial charge on any atom is 0.203 e. The second-order valence-corrected chi connectivity index (χ2v) is 5.09. The van der Waals surface area contributed by atoms with Crippen molar-refractivity contribution in [2.45, 2.75) is 39.2 Å². The van der Waals surface area contributed by atoms with Crippen molar-refractivity contribution in [1.82, 2.24) is 9.55 Å². The number of hydrogen-bond donors (Lipinski definition) is 1. The minimum absolute atomic E-state index is 0.803. The van der Waals surface area contributed by atoms with E-state index in [0.717, 1.165) is 30.9 Å². The van der Waals surface area contributed by atoms with Crippen molar-refractivity contribution in [2.24, 2.45) is 11.8 Å². The number of aromatic nitrogens is 2. The van der Waals surface area contributed by atoms with E-state index in [-0.39, 0.29) is 0 Å². The van der Waals surface area contributed by atoms with E-state index in [1.165, 1.54) is 25.7 Å². The molecule has 2 atom stereocenters. The van der Waals surface area contributed by atoms with E-state index >= 15 is 0 Å². The van der Waals surface area contributed by atoms with Crippen LogP contribution >= 0.6 is 0 Å². The maximum atomic E-state index is 4.35. The van der Waals surface area contributed by atoms with Crippen LogP contribution in [0.4, 0.5) is 5.95 Å². The molecule has 1 heterocycles. The lowest BCUT2D eigenvalue weighted by Gasteiger charge is -2.29. The molecular weight excluding hydrogens is 210 g/mol. The molecule has 1 aromatic rings. The van der Waals surface area contributed by atoms with Crippen LogP contribution in [-0.2, 0) is 6.54 Å². The number of rotatable bonds is 5. The van der Waals surface area contributed by atoms with Crippen LogP contribution in [0.1, 0.15) is 32.6 Å². The summed E-state index contributed by atoms with van der Waals surface area (Å²) in [6.07, 6.45) is 11.3.